The Bertz CT molecular complexity index is 100. The first-order chi connectivity index (χ1) is 3.80. The highest BCUT2D eigenvalue weighted by molar-refractivity contribution is 6.62. The zero-order valence-corrected chi connectivity index (χ0v) is 5.02. The van der Waals surface area contributed by atoms with Gasteiger partial charge in [-0.15, -0.1) is 0 Å². The highest BCUT2D eigenvalue weighted by Gasteiger charge is 2.14. The predicted octanol–water partition coefficient (Wildman–Crippen LogP) is 0.635. The number of halogens is 1. The lowest BCUT2D eigenvalue weighted by Crippen LogP contribution is -2.21. The summed E-state index contributed by atoms with van der Waals surface area (Å²) < 4.78 is 4.84. The van der Waals surface area contributed by atoms with E-state index >= 15 is 0 Å². The molecule has 1 heterocycles. The number of carbonyl (C=O) groups excluding carboxylic acids is 1. The Labute approximate surface area is 52.2 Å². The van der Waals surface area contributed by atoms with Crippen molar-refractivity contribution in [2.75, 3.05) is 19.9 Å². The van der Waals surface area contributed by atoms with Crippen LogP contribution in [0, 0.1) is 0 Å². The van der Waals surface area contributed by atoms with Gasteiger partial charge in [-0.05, 0) is 11.6 Å². The molecule has 1 amide bonds. The van der Waals surface area contributed by atoms with Crippen molar-refractivity contribution in [1.82, 2.24) is 4.90 Å². The maximum absolute atomic E-state index is 10.3. The van der Waals surface area contributed by atoms with Gasteiger partial charge in [-0.25, -0.2) is 0 Å². The van der Waals surface area contributed by atoms with Crippen LogP contribution in [0.1, 0.15) is 0 Å². The Hall–Kier alpha value is -0.280. The summed E-state index contributed by atoms with van der Waals surface area (Å²) in [6, 6.07) is 0. The number of rotatable bonds is 0. The number of ether oxygens (including phenoxy) is 1. The molecular formula is C4H6ClNO2. The van der Waals surface area contributed by atoms with Crippen molar-refractivity contribution >= 4 is 17.0 Å². The van der Waals surface area contributed by atoms with Gasteiger partial charge < -0.3 is 9.64 Å². The van der Waals surface area contributed by atoms with Gasteiger partial charge in [0.05, 0.1) is 6.61 Å². The van der Waals surface area contributed by atoms with Gasteiger partial charge in [-0.2, -0.15) is 0 Å². The molecule has 0 aromatic carbocycles. The van der Waals surface area contributed by atoms with Crippen molar-refractivity contribution in [3.05, 3.63) is 0 Å². The van der Waals surface area contributed by atoms with E-state index in [1.165, 1.54) is 4.90 Å². The molecule has 3 nitrogen and oxygen atoms in total. The summed E-state index contributed by atoms with van der Waals surface area (Å²) in [5.41, 5.74) is 0. The van der Waals surface area contributed by atoms with E-state index in [9.17, 15) is 4.79 Å². The van der Waals surface area contributed by atoms with E-state index in [0.717, 1.165) is 0 Å². The van der Waals surface area contributed by atoms with Crippen LogP contribution in [0.5, 0.6) is 0 Å². The minimum absolute atomic E-state index is 0.350. The standard InChI is InChI=1S/C4H6ClNO2/c5-4(7)6-1-2-8-3-6/h1-3H2. The van der Waals surface area contributed by atoms with Gasteiger partial charge in [-0.1, -0.05) is 0 Å². The number of hydrogen-bond acceptors (Lipinski definition) is 2. The Morgan fingerprint density at radius 1 is 1.75 bits per heavy atom. The molecule has 0 aromatic rings. The molecule has 0 aliphatic carbocycles. The normalized spacial score (nSPS) is 19.4. The van der Waals surface area contributed by atoms with Gasteiger partial charge in [0.25, 0.3) is 0 Å². The van der Waals surface area contributed by atoms with Gasteiger partial charge in [0.2, 0.25) is 0 Å². The van der Waals surface area contributed by atoms with Crippen molar-refractivity contribution in [3.63, 3.8) is 0 Å². The molecule has 0 saturated carbocycles. The molecule has 1 aliphatic rings. The molecule has 8 heavy (non-hydrogen) atoms. The third kappa shape index (κ3) is 1.11. The first kappa shape index (κ1) is 5.85. The van der Waals surface area contributed by atoms with E-state index < -0.39 is 5.37 Å². The zero-order chi connectivity index (χ0) is 5.98. The van der Waals surface area contributed by atoms with E-state index in [1.54, 1.807) is 0 Å². The summed E-state index contributed by atoms with van der Waals surface area (Å²) in [5.74, 6) is 0. The van der Waals surface area contributed by atoms with Crippen LogP contribution in [-0.2, 0) is 4.74 Å². The van der Waals surface area contributed by atoms with Crippen LogP contribution in [0.4, 0.5) is 4.79 Å². The number of carbonyl (C=O) groups is 1. The lowest BCUT2D eigenvalue weighted by atomic mass is 10.7. The summed E-state index contributed by atoms with van der Waals surface area (Å²) in [7, 11) is 0. The number of amides is 1. The minimum Gasteiger partial charge on any atom is -0.359 e. The minimum atomic E-state index is -0.428. The second-order valence-electron chi connectivity index (χ2n) is 1.55. The lowest BCUT2D eigenvalue weighted by molar-refractivity contribution is 0.153. The van der Waals surface area contributed by atoms with Crippen LogP contribution >= 0.6 is 11.6 Å². The Morgan fingerprint density at radius 3 is 2.75 bits per heavy atom. The monoisotopic (exact) mass is 135 g/mol. The maximum Gasteiger partial charge on any atom is 0.318 e. The van der Waals surface area contributed by atoms with Crippen LogP contribution in [0.25, 0.3) is 0 Å². The summed E-state index contributed by atoms with van der Waals surface area (Å²) in [5, 5.41) is -0.428. The first-order valence-electron chi connectivity index (χ1n) is 2.33. The topological polar surface area (TPSA) is 29.5 Å². The Morgan fingerprint density at radius 2 is 2.50 bits per heavy atom. The molecule has 1 aliphatic heterocycles. The molecule has 0 N–H and O–H groups in total. The highest BCUT2D eigenvalue weighted by atomic mass is 35.5. The first-order valence-corrected chi connectivity index (χ1v) is 2.70. The third-order valence-corrected chi connectivity index (χ3v) is 1.24. The summed E-state index contributed by atoms with van der Waals surface area (Å²) in [4.78, 5) is 11.7. The van der Waals surface area contributed by atoms with Crippen molar-refractivity contribution < 1.29 is 9.53 Å². The zero-order valence-electron chi connectivity index (χ0n) is 4.26. The lowest BCUT2D eigenvalue weighted by Gasteiger charge is -2.05. The quantitative estimate of drug-likeness (QED) is 0.360. The molecule has 4 heteroatoms. The van der Waals surface area contributed by atoms with Crippen LogP contribution in [0.2, 0.25) is 0 Å². The number of nitrogens with zero attached hydrogens (tertiary/aromatic N) is 1. The van der Waals surface area contributed by atoms with Gasteiger partial charge in [-0.3, -0.25) is 4.79 Å². The van der Waals surface area contributed by atoms with E-state index in [4.69, 9.17) is 16.3 Å². The van der Waals surface area contributed by atoms with Crippen LogP contribution in [0.3, 0.4) is 0 Å². The molecular weight excluding hydrogens is 130 g/mol. The Balaban J connectivity index is 2.35. The van der Waals surface area contributed by atoms with Gasteiger partial charge in [0, 0.05) is 6.54 Å². The fourth-order valence-electron chi connectivity index (χ4n) is 0.553. The van der Waals surface area contributed by atoms with Gasteiger partial charge in [0.15, 0.2) is 0 Å². The van der Waals surface area contributed by atoms with Crippen molar-refractivity contribution in [3.8, 4) is 0 Å². The molecule has 0 aromatic heterocycles. The fraction of sp³-hybridized carbons (Fsp3) is 0.750. The van der Waals surface area contributed by atoms with Crippen molar-refractivity contribution in [1.29, 1.82) is 0 Å². The van der Waals surface area contributed by atoms with Crippen LogP contribution in [0.15, 0.2) is 0 Å². The summed E-state index contributed by atoms with van der Waals surface area (Å²) in [6.45, 7) is 1.59. The largest absolute Gasteiger partial charge is 0.359 e. The summed E-state index contributed by atoms with van der Waals surface area (Å²) in [6.07, 6.45) is 0. The van der Waals surface area contributed by atoms with E-state index in [1.807, 2.05) is 0 Å². The highest BCUT2D eigenvalue weighted by Crippen LogP contribution is 2.01. The molecule has 1 fully saturated rings. The maximum atomic E-state index is 10.3. The van der Waals surface area contributed by atoms with Gasteiger partial charge >= 0.3 is 5.37 Å². The van der Waals surface area contributed by atoms with Crippen LogP contribution < -0.4 is 0 Å². The molecule has 0 radical (unpaired) electrons. The van der Waals surface area contributed by atoms with Gasteiger partial charge in [0.1, 0.15) is 6.73 Å². The molecule has 0 bridgehead atoms. The second kappa shape index (κ2) is 2.33. The molecule has 1 rings (SSSR count). The smallest absolute Gasteiger partial charge is 0.318 e. The summed E-state index contributed by atoms with van der Waals surface area (Å²) >= 11 is 5.09. The average Bonchev–Trinajstić information content (AvgIpc) is 2.12. The van der Waals surface area contributed by atoms with E-state index in [-0.39, 0.29) is 0 Å². The molecule has 0 spiro atoms. The molecule has 46 valence electrons. The molecule has 0 atom stereocenters. The second-order valence-corrected chi connectivity index (χ2v) is 1.88. The fourth-order valence-corrected chi connectivity index (χ4v) is 0.686. The SMILES string of the molecule is O=C(Cl)N1CCOC1. The molecule has 1 saturated heterocycles. The Kier molecular flexibility index (Phi) is 1.70. The number of hydrogen-bond donors (Lipinski definition) is 0. The van der Waals surface area contributed by atoms with E-state index in [2.05, 4.69) is 0 Å². The van der Waals surface area contributed by atoms with Crippen molar-refractivity contribution in [2.45, 2.75) is 0 Å². The third-order valence-electron chi connectivity index (χ3n) is 1.00. The molecule has 0 unspecified atom stereocenters. The van der Waals surface area contributed by atoms with E-state index in [0.29, 0.717) is 19.9 Å². The predicted molar refractivity (Wildman–Crippen MR) is 28.8 cm³/mol. The average molecular weight is 136 g/mol. The van der Waals surface area contributed by atoms with Crippen LogP contribution in [-0.4, -0.2) is 30.1 Å². The van der Waals surface area contributed by atoms with Crippen molar-refractivity contribution in [2.24, 2.45) is 0 Å².